The van der Waals surface area contributed by atoms with E-state index in [9.17, 15) is 18.0 Å². The summed E-state index contributed by atoms with van der Waals surface area (Å²) in [5.41, 5.74) is 0.884. The van der Waals surface area contributed by atoms with Crippen molar-refractivity contribution in [3.05, 3.63) is 42.0 Å². The van der Waals surface area contributed by atoms with Crippen LogP contribution in [0.1, 0.15) is 52.0 Å². The second-order valence-corrected chi connectivity index (χ2v) is 8.76. The van der Waals surface area contributed by atoms with E-state index in [0.29, 0.717) is 32.2 Å². The van der Waals surface area contributed by atoms with Crippen LogP contribution in [0.4, 0.5) is 19.0 Å². The van der Waals surface area contributed by atoms with Gasteiger partial charge in [0.1, 0.15) is 18.2 Å². The van der Waals surface area contributed by atoms with Gasteiger partial charge in [0, 0.05) is 25.9 Å². The van der Waals surface area contributed by atoms with Crippen LogP contribution in [0.15, 0.2) is 30.6 Å². The van der Waals surface area contributed by atoms with Crippen LogP contribution < -0.4 is 19.7 Å². The first kappa shape index (κ1) is 25.6. The van der Waals surface area contributed by atoms with Crippen LogP contribution in [0.2, 0.25) is 0 Å². The number of carbonyl (C=O) groups is 1. The van der Waals surface area contributed by atoms with Gasteiger partial charge in [0.15, 0.2) is 12.4 Å². The average Bonchev–Trinajstić information content (AvgIpc) is 3.25. The summed E-state index contributed by atoms with van der Waals surface area (Å²) in [5, 5.41) is 2.98. The minimum atomic E-state index is -3.10. The lowest BCUT2D eigenvalue weighted by Crippen LogP contribution is -2.35. The maximum Gasteiger partial charge on any atom is 0.278 e. The molecule has 1 N–H and O–H groups in total. The molecule has 0 aliphatic carbocycles. The topological polar surface area (TPSA) is 76.6 Å². The van der Waals surface area contributed by atoms with Gasteiger partial charge >= 0.3 is 0 Å². The molecule has 3 rings (SSSR count). The Morgan fingerprint density at radius 1 is 1.26 bits per heavy atom. The van der Waals surface area contributed by atoms with Gasteiger partial charge in [-0.3, -0.25) is 4.79 Å². The Bertz CT molecular complexity index is 969. The fourth-order valence-corrected chi connectivity index (χ4v) is 3.53. The minimum absolute atomic E-state index is 0.00740. The van der Waals surface area contributed by atoms with Gasteiger partial charge in [0.05, 0.1) is 12.5 Å². The number of anilines is 1. The first-order valence-corrected chi connectivity index (χ1v) is 11.4. The zero-order valence-electron chi connectivity index (χ0n) is 19.9. The van der Waals surface area contributed by atoms with Crippen LogP contribution in [0.3, 0.4) is 0 Å². The number of halogens is 3. The van der Waals surface area contributed by atoms with Crippen LogP contribution in [0.25, 0.3) is 0 Å². The molecule has 1 amide bonds. The molecule has 1 aliphatic rings. The fourth-order valence-electron chi connectivity index (χ4n) is 3.53. The summed E-state index contributed by atoms with van der Waals surface area (Å²) in [5.74, 6) is -4.15. The van der Waals surface area contributed by atoms with Crippen molar-refractivity contribution in [2.45, 2.75) is 64.5 Å². The predicted octanol–water partition coefficient (Wildman–Crippen LogP) is 4.33. The van der Waals surface area contributed by atoms with Gasteiger partial charge in [-0.25, -0.2) is 13.8 Å². The van der Waals surface area contributed by atoms with E-state index in [1.165, 1.54) is 0 Å². The van der Waals surface area contributed by atoms with E-state index in [2.05, 4.69) is 15.3 Å². The zero-order chi connectivity index (χ0) is 24.9. The average molecular weight is 481 g/mol. The number of carbonyl (C=O) groups excluding carboxylic acids is 1. The van der Waals surface area contributed by atoms with Crippen molar-refractivity contribution in [2.75, 3.05) is 24.6 Å². The molecule has 0 saturated carbocycles. The van der Waals surface area contributed by atoms with Crippen LogP contribution in [-0.4, -0.2) is 53.6 Å². The Morgan fingerprint density at radius 3 is 2.62 bits per heavy atom. The lowest BCUT2D eigenvalue weighted by molar-refractivity contribution is -0.122. The largest absolute Gasteiger partial charge is 0.489 e. The van der Waals surface area contributed by atoms with E-state index in [-0.39, 0.29) is 29.8 Å². The molecule has 10 heteroatoms. The minimum Gasteiger partial charge on any atom is -0.489 e. The highest BCUT2D eigenvalue weighted by Gasteiger charge is 2.30. The Morgan fingerprint density at radius 2 is 1.97 bits per heavy atom. The van der Waals surface area contributed by atoms with Crippen LogP contribution in [-0.2, 0) is 4.79 Å². The number of nitrogens with zero attached hydrogens (tertiary/aromatic N) is 3. The summed E-state index contributed by atoms with van der Waals surface area (Å²) in [6.07, 6.45) is 2.37. The fraction of sp³-hybridized carbons (Fsp3) is 0.542. The van der Waals surface area contributed by atoms with E-state index in [4.69, 9.17) is 9.47 Å². The zero-order valence-corrected chi connectivity index (χ0v) is 19.9. The molecule has 7 nitrogen and oxygen atoms in total. The number of rotatable bonds is 10. The number of hydrogen-bond acceptors (Lipinski definition) is 6. The van der Waals surface area contributed by atoms with Crippen molar-refractivity contribution >= 4 is 11.7 Å². The van der Waals surface area contributed by atoms with Gasteiger partial charge in [0.2, 0.25) is 11.7 Å². The number of nitrogens with one attached hydrogen (secondary N) is 1. The Balaban J connectivity index is 1.58. The van der Waals surface area contributed by atoms with E-state index < -0.39 is 24.2 Å². The second kappa shape index (κ2) is 10.9. The number of amides is 1. The van der Waals surface area contributed by atoms with Crippen molar-refractivity contribution in [1.82, 2.24) is 15.3 Å². The lowest BCUT2D eigenvalue weighted by atomic mass is 10.00. The molecule has 2 heterocycles. The summed E-state index contributed by atoms with van der Waals surface area (Å²) in [6, 6.07) is 7.47. The number of ether oxygens (including phenoxy) is 2. The third-order valence-corrected chi connectivity index (χ3v) is 5.72. The summed E-state index contributed by atoms with van der Waals surface area (Å²) >= 11 is 0. The monoisotopic (exact) mass is 480 g/mol. The molecule has 1 saturated heterocycles. The van der Waals surface area contributed by atoms with E-state index in [1.54, 1.807) is 4.90 Å². The summed E-state index contributed by atoms with van der Waals surface area (Å²) in [7, 11) is 0. The van der Waals surface area contributed by atoms with E-state index in [0.717, 1.165) is 18.3 Å². The standard InChI is InChI=1S/C24H31F3N4O3/c1-5-15(2)30-22(32)16(3)17-6-8-18(9-7-17)34-19-10-11-31(12-19)21-20(25)23(29-14-28-21)33-13-24(4,26)27/h6-9,14-16,19H,5,10-13H2,1-4H3,(H,30,32). The molecular weight excluding hydrogens is 449 g/mol. The van der Waals surface area contributed by atoms with Crippen molar-refractivity contribution in [3.8, 4) is 11.6 Å². The highest BCUT2D eigenvalue weighted by atomic mass is 19.3. The van der Waals surface area contributed by atoms with Crippen molar-refractivity contribution < 1.29 is 27.4 Å². The highest BCUT2D eigenvalue weighted by molar-refractivity contribution is 5.83. The number of benzene rings is 1. The number of hydrogen-bond donors (Lipinski definition) is 1. The maximum atomic E-state index is 14.7. The van der Waals surface area contributed by atoms with Crippen LogP contribution in [0, 0.1) is 5.82 Å². The molecular formula is C24H31F3N4O3. The molecule has 3 unspecified atom stereocenters. The molecule has 2 aromatic rings. The first-order chi connectivity index (χ1) is 16.1. The number of aromatic nitrogens is 2. The lowest BCUT2D eigenvalue weighted by Gasteiger charge is -2.20. The van der Waals surface area contributed by atoms with E-state index in [1.807, 2.05) is 45.0 Å². The number of alkyl halides is 2. The second-order valence-electron chi connectivity index (χ2n) is 8.76. The van der Waals surface area contributed by atoms with Crippen molar-refractivity contribution in [1.29, 1.82) is 0 Å². The maximum absolute atomic E-state index is 14.7. The van der Waals surface area contributed by atoms with E-state index >= 15 is 0 Å². The highest BCUT2D eigenvalue weighted by Crippen LogP contribution is 2.29. The molecule has 1 aromatic carbocycles. The van der Waals surface area contributed by atoms with Gasteiger partial charge in [-0.1, -0.05) is 19.1 Å². The van der Waals surface area contributed by atoms with Crippen molar-refractivity contribution in [3.63, 3.8) is 0 Å². The van der Waals surface area contributed by atoms with Gasteiger partial charge in [0.25, 0.3) is 11.8 Å². The molecule has 1 aromatic heterocycles. The van der Waals surface area contributed by atoms with Crippen LogP contribution in [0.5, 0.6) is 11.6 Å². The Hall–Kier alpha value is -3.04. The third kappa shape index (κ3) is 6.74. The Labute approximate surface area is 197 Å². The SMILES string of the molecule is CCC(C)NC(=O)C(C)c1ccc(OC2CCN(c3ncnc(OCC(C)(F)F)c3F)C2)cc1. The quantitative estimate of drug-likeness (QED) is 0.546. The van der Waals surface area contributed by atoms with Gasteiger partial charge in [-0.05, 0) is 38.0 Å². The third-order valence-electron chi connectivity index (χ3n) is 5.72. The normalized spacial score (nSPS) is 17.9. The Kier molecular flexibility index (Phi) is 8.22. The molecule has 186 valence electrons. The smallest absolute Gasteiger partial charge is 0.278 e. The molecule has 0 spiro atoms. The molecule has 3 atom stereocenters. The first-order valence-electron chi connectivity index (χ1n) is 11.4. The summed E-state index contributed by atoms with van der Waals surface area (Å²) < 4.78 is 51.7. The molecule has 0 radical (unpaired) electrons. The van der Waals surface area contributed by atoms with Gasteiger partial charge < -0.3 is 19.7 Å². The molecule has 1 aliphatic heterocycles. The molecule has 34 heavy (non-hydrogen) atoms. The summed E-state index contributed by atoms with van der Waals surface area (Å²) in [4.78, 5) is 21.6. The molecule has 0 bridgehead atoms. The predicted molar refractivity (Wildman–Crippen MR) is 122 cm³/mol. The van der Waals surface area contributed by atoms with Crippen LogP contribution >= 0.6 is 0 Å². The van der Waals surface area contributed by atoms with Crippen molar-refractivity contribution in [2.24, 2.45) is 0 Å². The summed E-state index contributed by atoms with van der Waals surface area (Å²) in [6.45, 7) is 6.41. The van der Waals surface area contributed by atoms with Gasteiger partial charge in [-0.2, -0.15) is 9.37 Å². The molecule has 1 fully saturated rings. The van der Waals surface area contributed by atoms with Gasteiger partial charge in [-0.15, -0.1) is 0 Å².